The smallest absolute Gasteiger partial charge is 0.387 e. The molecule has 5 nitrogen and oxygen atoms in total. The lowest BCUT2D eigenvalue weighted by molar-refractivity contribution is -0.158. The molecule has 1 aromatic rings. The maximum absolute atomic E-state index is 12.2. The van der Waals surface area contributed by atoms with E-state index in [1.807, 2.05) is 0 Å². The lowest BCUT2D eigenvalue weighted by Gasteiger charge is -2.19. The van der Waals surface area contributed by atoms with Crippen LogP contribution >= 0.6 is 0 Å². The molecular weight excluding hydrogens is 286 g/mol. The number of halogens is 2. The molecule has 0 bridgehead atoms. The minimum Gasteiger partial charge on any atom is -0.457 e. The maximum Gasteiger partial charge on any atom is 0.387 e. The Balaban J connectivity index is 2.66. The van der Waals surface area contributed by atoms with E-state index < -0.39 is 30.8 Å². The zero-order valence-electron chi connectivity index (χ0n) is 11.9. The van der Waals surface area contributed by atoms with Crippen LogP contribution in [-0.4, -0.2) is 30.8 Å². The van der Waals surface area contributed by atoms with Crippen LogP contribution in [-0.2, 0) is 14.3 Å². The number of carbonyl (C=O) groups is 2. The SMILES string of the molecule is CC(C)(C)OC(=O)COC(=O)c1ccccc1OC(F)F. The van der Waals surface area contributed by atoms with Gasteiger partial charge in [0.15, 0.2) is 6.61 Å². The minimum absolute atomic E-state index is 0.193. The van der Waals surface area contributed by atoms with Crippen molar-refractivity contribution in [3.05, 3.63) is 29.8 Å². The van der Waals surface area contributed by atoms with Gasteiger partial charge in [-0.15, -0.1) is 0 Å². The Morgan fingerprint density at radius 1 is 1.19 bits per heavy atom. The van der Waals surface area contributed by atoms with Gasteiger partial charge in [-0.25, -0.2) is 9.59 Å². The Labute approximate surface area is 120 Å². The summed E-state index contributed by atoms with van der Waals surface area (Å²) in [5, 5.41) is 0. The number of rotatable bonds is 5. The van der Waals surface area contributed by atoms with Crippen molar-refractivity contribution in [2.24, 2.45) is 0 Å². The Morgan fingerprint density at radius 3 is 2.38 bits per heavy atom. The molecule has 0 spiro atoms. The molecule has 0 aromatic heterocycles. The maximum atomic E-state index is 12.2. The molecule has 0 saturated carbocycles. The standard InChI is InChI=1S/C14H16F2O5/c1-14(2,3)21-11(17)8-19-12(18)9-6-4-5-7-10(9)20-13(15)16/h4-7,13H,8H2,1-3H3. The van der Waals surface area contributed by atoms with Gasteiger partial charge in [0.25, 0.3) is 0 Å². The fourth-order valence-corrected chi connectivity index (χ4v) is 1.41. The van der Waals surface area contributed by atoms with E-state index in [9.17, 15) is 18.4 Å². The van der Waals surface area contributed by atoms with Crippen LogP contribution in [0.3, 0.4) is 0 Å². The highest BCUT2D eigenvalue weighted by Crippen LogP contribution is 2.21. The second-order valence-corrected chi connectivity index (χ2v) is 5.04. The first-order valence-corrected chi connectivity index (χ1v) is 6.12. The number of para-hydroxylation sites is 1. The normalized spacial score (nSPS) is 11.1. The summed E-state index contributed by atoms with van der Waals surface area (Å²) in [7, 11) is 0. The number of carbonyl (C=O) groups excluding carboxylic acids is 2. The third-order valence-electron chi connectivity index (χ3n) is 2.06. The average Bonchev–Trinajstić information content (AvgIpc) is 2.34. The number of hydrogen-bond acceptors (Lipinski definition) is 5. The summed E-state index contributed by atoms with van der Waals surface area (Å²) in [6.07, 6.45) is 0. The monoisotopic (exact) mass is 302 g/mol. The highest BCUT2D eigenvalue weighted by atomic mass is 19.3. The molecule has 0 fully saturated rings. The highest BCUT2D eigenvalue weighted by molar-refractivity contribution is 5.93. The summed E-state index contributed by atoms with van der Waals surface area (Å²) in [5.74, 6) is -2.00. The van der Waals surface area contributed by atoms with Gasteiger partial charge in [0, 0.05) is 0 Å². The lowest BCUT2D eigenvalue weighted by atomic mass is 10.2. The van der Waals surface area contributed by atoms with E-state index in [1.165, 1.54) is 24.3 Å². The predicted molar refractivity (Wildman–Crippen MR) is 69.2 cm³/mol. The molecule has 0 aliphatic heterocycles. The molecule has 7 heteroatoms. The quantitative estimate of drug-likeness (QED) is 0.783. The van der Waals surface area contributed by atoms with Gasteiger partial charge < -0.3 is 14.2 Å². The number of esters is 2. The highest BCUT2D eigenvalue weighted by Gasteiger charge is 2.20. The van der Waals surface area contributed by atoms with Crippen LogP contribution in [0.2, 0.25) is 0 Å². The van der Waals surface area contributed by atoms with E-state index in [1.54, 1.807) is 20.8 Å². The van der Waals surface area contributed by atoms with Gasteiger partial charge in [0.05, 0.1) is 0 Å². The van der Waals surface area contributed by atoms with E-state index in [-0.39, 0.29) is 11.3 Å². The van der Waals surface area contributed by atoms with Crippen molar-refractivity contribution in [3.63, 3.8) is 0 Å². The van der Waals surface area contributed by atoms with Gasteiger partial charge in [-0.05, 0) is 32.9 Å². The third-order valence-corrected chi connectivity index (χ3v) is 2.06. The van der Waals surface area contributed by atoms with Crippen molar-refractivity contribution in [3.8, 4) is 5.75 Å². The Morgan fingerprint density at radius 2 is 1.81 bits per heavy atom. The van der Waals surface area contributed by atoms with Gasteiger partial charge in [-0.2, -0.15) is 8.78 Å². The van der Waals surface area contributed by atoms with Crippen LogP contribution < -0.4 is 4.74 Å². The average molecular weight is 302 g/mol. The van der Waals surface area contributed by atoms with E-state index in [2.05, 4.69) is 4.74 Å². The molecule has 1 rings (SSSR count). The Hall–Kier alpha value is -2.18. The lowest BCUT2D eigenvalue weighted by Crippen LogP contribution is -2.27. The molecule has 0 amide bonds. The molecule has 21 heavy (non-hydrogen) atoms. The fourth-order valence-electron chi connectivity index (χ4n) is 1.41. The van der Waals surface area contributed by atoms with Crippen molar-refractivity contribution in [2.75, 3.05) is 6.61 Å². The summed E-state index contributed by atoms with van der Waals surface area (Å²) in [6.45, 7) is 1.32. The van der Waals surface area contributed by atoms with E-state index in [0.717, 1.165) is 0 Å². The number of alkyl halides is 2. The molecule has 1 aromatic carbocycles. The second-order valence-electron chi connectivity index (χ2n) is 5.04. The van der Waals surface area contributed by atoms with E-state index >= 15 is 0 Å². The minimum atomic E-state index is -3.06. The molecule has 0 heterocycles. The van der Waals surface area contributed by atoms with Crippen molar-refractivity contribution >= 4 is 11.9 Å². The van der Waals surface area contributed by atoms with Crippen LogP contribution in [0.25, 0.3) is 0 Å². The van der Waals surface area contributed by atoms with Gasteiger partial charge in [0.2, 0.25) is 0 Å². The van der Waals surface area contributed by atoms with Crippen molar-refractivity contribution in [1.29, 1.82) is 0 Å². The zero-order valence-corrected chi connectivity index (χ0v) is 11.9. The Kier molecular flexibility index (Phi) is 5.63. The number of benzene rings is 1. The van der Waals surface area contributed by atoms with E-state index in [0.29, 0.717) is 0 Å². The first kappa shape index (κ1) is 16.9. The molecule has 0 aliphatic carbocycles. The molecule has 0 saturated heterocycles. The van der Waals surface area contributed by atoms with Gasteiger partial charge in [-0.3, -0.25) is 0 Å². The second kappa shape index (κ2) is 7.01. The molecular formula is C14H16F2O5. The zero-order chi connectivity index (χ0) is 16.0. The van der Waals surface area contributed by atoms with Crippen molar-refractivity contribution in [1.82, 2.24) is 0 Å². The van der Waals surface area contributed by atoms with Gasteiger partial charge >= 0.3 is 18.6 Å². The molecule has 0 aliphatic rings. The largest absolute Gasteiger partial charge is 0.457 e. The Bertz CT molecular complexity index is 508. The fraction of sp³-hybridized carbons (Fsp3) is 0.429. The molecule has 0 atom stereocenters. The van der Waals surface area contributed by atoms with Gasteiger partial charge in [-0.1, -0.05) is 12.1 Å². The van der Waals surface area contributed by atoms with Crippen LogP contribution in [0.5, 0.6) is 5.75 Å². The van der Waals surface area contributed by atoms with Gasteiger partial charge in [0.1, 0.15) is 16.9 Å². The summed E-state index contributed by atoms with van der Waals surface area (Å²) < 4.78 is 38.3. The molecule has 116 valence electrons. The van der Waals surface area contributed by atoms with Crippen LogP contribution in [0.1, 0.15) is 31.1 Å². The van der Waals surface area contributed by atoms with Crippen molar-refractivity contribution < 1.29 is 32.6 Å². The molecule has 0 unspecified atom stereocenters. The topological polar surface area (TPSA) is 61.8 Å². The first-order valence-electron chi connectivity index (χ1n) is 6.12. The van der Waals surface area contributed by atoms with Crippen LogP contribution in [0.4, 0.5) is 8.78 Å². The molecule has 0 radical (unpaired) electrons. The summed E-state index contributed by atoms with van der Waals surface area (Å²) in [5.41, 5.74) is -0.901. The summed E-state index contributed by atoms with van der Waals surface area (Å²) in [6, 6.07) is 5.36. The summed E-state index contributed by atoms with van der Waals surface area (Å²) >= 11 is 0. The van der Waals surface area contributed by atoms with Crippen LogP contribution in [0, 0.1) is 0 Å². The van der Waals surface area contributed by atoms with E-state index in [4.69, 9.17) is 9.47 Å². The van der Waals surface area contributed by atoms with Crippen molar-refractivity contribution in [2.45, 2.75) is 33.0 Å². The number of hydrogen-bond donors (Lipinski definition) is 0. The first-order chi connectivity index (χ1) is 9.69. The summed E-state index contributed by atoms with van der Waals surface area (Å²) in [4.78, 5) is 23.2. The molecule has 0 N–H and O–H groups in total. The number of ether oxygens (including phenoxy) is 3. The third kappa shape index (κ3) is 6.20. The van der Waals surface area contributed by atoms with Crippen LogP contribution in [0.15, 0.2) is 24.3 Å². The predicted octanol–water partition coefficient (Wildman–Crippen LogP) is 2.79.